The summed E-state index contributed by atoms with van der Waals surface area (Å²) < 4.78 is 0. The average molecular weight is 248 g/mol. The number of rotatable bonds is 8. The Balaban J connectivity index is 2.78. The smallest absolute Gasteiger partial charge is 0.0411 e. The molecule has 0 atom stereocenters. The van der Waals surface area contributed by atoms with Gasteiger partial charge in [-0.1, -0.05) is 45.4 Å². The molecule has 0 saturated heterocycles. The molecule has 0 saturated carbocycles. The molecule has 2 heteroatoms. The van der Waals surface area contributed by atoms with E-state index in [0.29, 0.717) is 6.04 Å². The second-order valence-corrected chi connectivity index (χ2v) is 5.10. The second-order valence-electron chi connectivity index (χ2n) is 5.10. The van der Waals surface area contributed by atoms with Crippen LogP contribution in [0, 0.1) is 0 Å². The van der Waals surface area contributed by atoms with E-state index in [9.17, 15) is 0 Å². The molecular weight excluding hydrogens is 220 g/mol. The molecule has 102 valence electrons. The van der Waals surface area contributed by atoms with Crippen LogP contribution < -0.4 is 10.2 Å². The van der Waals surface area contributed by atoms with E-state index in [0.717, 1.165) is 19.6 Å². The van der Waals surface area contributed by atoms with Gasteiger partial charge in [0.1, 0.15) is 0 Å². The lowest BCUT2D eigenvalue weighted by Crippen LogP contribution is -2.27. The molecule has 0 aliphatic rings. The molecule has 18 heavy (non-hydrogen) atoms. The van der Waals surface area contributed by atoms with Crippen molar-refractivity contribution in [3.8, 4) is 0 Å². The highest BCUT2D eigenvalue weighted by Crippen LogP contribution is 2.20. The third-order valence-corrected chi connectivity index (χ3v) is 3.20. The lowest BCUT2D eigenvalue weighted by Gasteiger charge is -2.26. The summed E-state index contributed by atoms with van der Waals surface area (Å²) in [5, 5.41) is 3.51. The Bertz CT molecular complexity index is 334. The average Bonchev–Trinajstić information content (AvgIpc) is 2.38. The first kappa shape index (κ1) is 15.0. The molecule has 0 radical (unpaired) electrons. The number of para-hydroxylation sites is 1. The number of benzene rings is 1. The van der Waals surface area contributed by atoms with Gasteiger partial charge in [-0.15, -0.1) is 0 Å². The van der Waals surface area contributed by atoms with Gasteiger partial charge in [-0.05, 0) is 25.0 Å². The van der Waals surface area contributed by atoms with E-state index in [-0.39, 0.29) is 0 Å². The van der Waals surface area contributed by atoms with Crippen LogP contribution in [-0.2, 0) is 6.54 Å². The number of nitrogens with zero attached hydrogens (tertiary/aromatic N) is 1. The molecule has 0 aliphatic carbocycles. The minimum absolute atomic E-state index is 0.531. The van der Waals surface area contributed by atoms with Gasteiger partial charge in [0.25, 0.3) is 0 Å². The van der Waals surface area contributed by atoms with Crippen molar-refractivity contribution < 1.29 is 0 Å². The Morgan fingerprint density at radius 2 is 1.89 bits per heavy atom. The van der Waals surface area contributed by atoms with Gasteiger partial charge >= 0.3 is 0 Å². The summed E-state index contributed by atoms with van der Waals surface area (Å²) in [5.41, 5.74) is 2.80. The van der Waals surface area contributed by atoms with Crippen molar-refractivity contribution in [3.63, 3.8) is 0 Å². The minimum atomic E-state index is 0.531. The van der Waals surface area contributed by atoms with E-state index in [1.54, 1.807) is 0 Å². The highest BCUT2D eigenvalue weighted by molar-refractivity contribution is 5.53. The van der Waals surface area contributed by atoms with Crippen LogP contribution in [0.2, 0.25) is 0 Å². The quantitative estimate of drug-likeness (QED) is 0.752. The van der Waals surface area contributed by atoms with Crippen molar-refractivity contribution in [2.45, 2.75) is 53.1 Å². The standard InChI is InChI=1S/C16H28N2/c1-5-7-12-18(6-2)16-11-9-8-10-15(16)13-17-14(3)4/h8-11,14,17H,5-7,12-13H2,1-4H3. The first-order chi connectivity index (χ1) is 8.69. The Hall–Kier alpha value is -1.02. The van der Waals surface area contributed by atoms with Crippen molar-refractivity contribution >= 4 is 5.69 Å². The third kappa shape index (κ3) is 4.69. The van der Waals surface area contributed by atoms with Crippen molar-refractivity contribution in [1.29, 1.82) is 0 Å². The normalized spacial score (nSPS) is 10.9. The Morgan fingerprint density at radius 3 is 2.50 bits per heavy atom. The van der Waals surface area contributed by atoms with Gasteiger partial charge in [0.2, 0.25) is 0 Å². The van der Waals surface area contributed by atoms with E-state index in [4.69, 9.17) is 0 Å². The van der Waals surface area contributed by atoms with Crippen molar-refractivity contribution in [1.82, 2.24) is 5.32 Å². The summed E-state index contributed by atoms with van der Waals surface area (Å²) in [4.78, 5) is 2.49. The zero-order valence-corrected chi connectivity index (χ0v) is 12.4. The van der Waals surface area contributed by atoms with Gasteiger partial charge in [-0.2, -0.15) is 0 Å². The Morgan fingerprint density at radius 1 is 1.17 bits per heavy atom. The van der Waals surface area contributed by atoms with Crippen LogP contribution in [0.1, 0.15) is 46.1 Å². The monoisotopic (exact) mass is 248 g/mol. The second kappa shape index (κ2) is 8.15. The van der Waals surface area contributed by atoms with Crippen LogP contribution in [0.15, 0.2) is 24.3 Å². The number of hydrogen-bond donors (Lipinski definition) is 1. The van der Waals surface area contributed by atoms with E-state index < -0.39 is 0 Å². The molecule has 1 rings (SSSR count). The number of nitrogens with one attached hydrogen (secondary N) is 1. The molecule has 0 fully saturated rings. The molecule has 2 nitrogen and oxygen atoms in total. The lowest BCUT2D eigenvalue weighted by atomic mass is 10.1. The van der Waals surface area contributed by atoms with Gasteiger partial charge in [0.05, 0.1) is 0 Å². The van der Waals surface area contributed by atoms with Gasteiger partial charge in [0.15, 0.2) is 0 Å². The fraction of sp³-hybridized carbons (Fsp3) is 0.625. The van der Waals surface area contributed by atoms with Gasteiger partial charge in [0, 0.05) is 31.4 Å². The molecule has 0 amide bonds. The van der Waals surface area contributed by atoms with Gasteiger partial charge in [-0.3, -0.25) is 0 Å². The Labute approximate surface area is 112 Å². The first-order valence-corrected chi connectivity index (χ1v) is 7.25. The fourth-order valence-corrected chi connectivity index (χ4v) is 2.08. The largest absolute Gasteiger partial charge is 0.372 e. The van der Waals surface area contributed by atoms with Crippen molar-refractivity contribution in [3.05, 3.63) is 29.8 Å². The zero-order valence-electron chi connectivity index (χ0n) is 12.4. The van der Waals surface area contributed by atoms with Gasteiger partial charge in [-0.25, -0.2) is 0 Å². The van der Waals surface area contributed by atoms with Crippen molar-refractivity contribution in [2.75, 3.05) is 18.0 Å². The molecule has 1 aromatic carbocycles. The maximum absolute atomic E-state index is 3.51. The predicted octanol–water partition coefficient (Wildman–Crippen LogP) is 3.81. The minimum Gasteiger partial charge on any atom is -0.372 e. The molecule has 0 heterocycles. The van der Waals surface area contributed by atoms with E-state index in [2.05, 4.69) is 62.2 Å². The number of anilines is 1. The maximum atomic E-state index is 3.51. The summed E-state index contributed by atoms with van der Waals surface area (Å²) in [6.45, 7) is 12.1. The van der Waals surface area contributed by atoms with E-state index in [1.807, 2.05) is 0 Å². The zero-order chi connectivity index (χ0) is 13.4. The van der Waals surface area contributed by atoms with E-state index >= 15 is 0 Å². The summed E-state index contributed by atoms with van der Waals surface area (Å²) in [7, 11) is 0. The van der Waals surface area contributed by atoms with Crippen molar-refractivity contribution in [2.24, 2.45) is 0 Å². The molecule has 0 bridgehead atoms. The molecule has 1 aromatic rings. The molecule has 0 aromatic heterocycles. The van der Waals surface area contributed by atoms with Crippen LogP contribution in [0.3, 0.4) is 0 Å². The summed E-state index contributed by atoms with van der Waals surface area (Å²) in [6.07, 6.45) is 2.52. The van der Waals surface area contributed by atoms with Crippen LogP contribution in [-0.4, -0.2) is 19.1 Å². The van der Waals surface area contributed by atoms with E-state index in [1.165, 1.54) is 24.1 Å². The summed E-state index contributed by atoms with van der Waals surface area (Å²) in [6, 6.07) is 9.29. The van der Waals surface area contributed by atoms with Crippen LogP contribution in [0.5, 0.6) is 0 Å². The third-order valence-electron chi connectivity index (χ3n) is 3.20. The highest BCUT2D eigenvalue weighted by Gasteiger charge is 2.08. The molecule has 0 spiro atoms. The summed E-state index contributed by atoms with van der Waals surface area (Å²) in [5.74, 6) is 0. The summed E-state index contributed by atoms with van der Waals surface area (Å²) >= 11 is 0. The first-order valence-electron chi connectivity index (χ1n) is 7.25. The molecule has 0 aliphatic heterocycles. The Kier molecular flexibility index (Phi) is 6.81. The van der Waals surface area contributed by atoms with Gasteiger partial charge < -0.3 is 10.2 Å². The fourth-order valence-electron chi connectivity index (χ4n) is 2.08. The lowest BCUT2D eigenvalue weighted by molar-refractivity contribution is 0.587. The van der Waals surface area contributed by atoms with Crippen LogP contribution in [0.4, 0.5) is 5.69 Å². The number of hydrogen-bond acceptors (Lipinski definition) is 2. The molecule has 1 N–H and O–H groups in total. The molecular formula is C16H28N2. The van der Waals surface area contributed by atoms with Crippen LogP contribution >= 0.6 is 0 Å². The SMILES string of the molecule is CCCCN(CC)c1ccccc1CNC(C)C. The number of unbranched alkanes of at least 4 members (excludes halogenated alkanes) is 1. The highest BCUT2D eigenvalue weighted by atomic mass is 15.1. The topological polar surface area (TPSA) is 15.3 Å². The van der Waals surface area contributed by atoms with Crippen LogP contribution in [0.25, 0.3) is 0 Å². The maximum Gasteiger partial charge on any atom is 0.0411 e. The predicted molar refractivity (Wildman–Crippen MR) is 81.2 cm³/mol. The molecule has 0 unspecified atom stereocenters.